The lowest BCUT2D eigenvalue weighted by molar-refractivity contribution is 0.0696. The number of fused-ring (bicyclic) bond motifs is 1. The van der Waals surface area contributed by atoms with Crippen molar-refractivity contribution in [2.24, 2.45) is 0 Å². The van der Waals surface area contributed by atoms with Gasteiger partial charge in [-0.05, 0) is 6.92 Å². The summed E-state index contributed by atoms with van der Waals surface area (Å²) in [6.07, 6.45) is 4.15. The average molecular weight is 244 g/mol. The molecule has 90 valence electrons. The summed E-state index contributed by atoms with van der Waals surface area (Å²) in [5, 5.41) is 13.0. The molecular formula is C10H8N6O2. The van der Waals surface area contributed by atoms with Crippen LogP contribution in [0.4, 0.5) is 0 Å². The van der Waals surface area contributed by atoms with Crippen LogP contribution in [0, 0.1) is 6.92 Å². The molecule has 8 nitrogen and oxygen atoms in total. The van der Waals surface area contributed by atoms with Gasteiger partial charge in [0.2, 0.25) is 0 Å². The molecule has 0 aliphatic rings. The fraction of sp³-hybridized carbons (Fsp3) is 0.100. The molecule has 3 rings (SSSR count). The minimum Gasteiger partial charge on any atom is -0.478 e. The molecule has 0 unspecified atom stereocenters. The van der Waals surface area contributed by atoms with Crippen molar-refractivity contribution < 1.29 is 9.90 Å². The Kier molecular flexibility index (Phi) is 2.09. The topological polar surface area (TPSA) is 110 Å². The molecule has 18 heavy (non-hydrogen) atoms. The van der Waals surface area contributed by atoms with Crippen LogP contribution in [0.5, 0.6) is 0 Å². The highest BCUT2D eigenvalue weighted by molar-refractivity contribution is 5.89. The number of carboxylic acid groups (broad SMARTS) is 1. The second-order valence-corrected chi connectivity index (χ2v) is 3.66. The predicted molar refractivity (Wildman–Crippen MR) is 60.5 cm³/mol. The van der Waals surface area contributed by atoms with Crippen LogP contribution in [0.2, 0.25) is 0 Å². The molecule has 2 N–H and O–H groups in total. The fourth-order valence-electron chi connectivity index (χ4n) is 1.75. The summed E-state index contributed by atoms with van der Waals surface area (Å²) in [7, 11) is 0. The summed E-state index contributed by atoms with van der Waals surface area (Å²) in [5.41, 5.74) is 1.76. The van der Waals surface area contributed by atoms with Gasteiger partial charge in [0, 0.05) is 0 Å². The number of nitrogens with zero attached hydrogens (tertiary/aromatic N) is 5. The van der Waals surface area contributed by atoms with Gasteiger partial charge in [-0.15, -0.1) is 0 Å². The van der Waals surface area contributed by atoms with Crippen LogP contribution in [0.15, 0.2) is 18.9 Å². The number of hydrogen-bond donors (Lipinski definition) is 2. The van der Waals surface area contributed by atoms with Crippen molar-refractivity contribution in [1.82, 2.24) is 29.7 Å². The molecular weight excluding hydrogens is 236 g/mol. The number of aromatic amines is 1. The zero-order chi connectivity index (χ0) is 12.7. The Bertz CT molecular complexity index is 744. The van der Waals surface area contributed by atoms with Crippen molar-refractivity contribution in [3.63, 3.8) is 0 Å². The zero-order valence-corrected chi connectivity index (χ0v) is 9.32. The van der Waals surface area contributed by atoms with Gasteiger partial charge in [-0.3, -0.25) is 0 Å². The summed E-state index contributed by atoms with van der Waals surface area (Å²) in [5.74, 6) is -0.545. The van der Waals surface area contributed by atoms with Crippen LogP contribution >= 0.6 is 0 Å². The molecule has 3 heterocycles. The third-order valence-electron chi connectivity index (χ3n) is 2.64. The first-order valence-electron chi connectivity index (χ1n) is 5.11. The molecule has 0 aromatic carbocycles. The minimum absolute atomic E-state index is 0.140. The lowest BCUT2D eigenvalue weighted by atomic mass is 10.3. The van der Waals surface area contributed by atoms with Crippen molar-refractivity contribution >= 4 is 17.1 Å². The number of H-pyrrole nitrogens is 1. The molecule has 0 aliphatic heterocycles. The van der Waals surface area contributed by atoms with Gasteiger partial charge < -0.3 is 10.1 Å². The summed E-state index contributed by atoms with van der Waals surface area (Å²) in [6, 6.07) is 0. The molecule has 0 amide bonds. The van der Waals surface area contributed by atoms with Crippen molar-refractivity contribution in [2.75, 3.05) is 0 Å². The number of rotatable bonds is 2. The maximum Gasteiger partial charge on any atom is 0.339 e. The SMILES string of the molecule is Cc1c(C(=O)O)cnn1-c1ncnc2nc[nH]c12. The number of carboxylic acids is 1. The number of aromatic nitrogens is 6. The second kappa shape index (κ2) is 3.62. The summed E-state index contributed by atoms with van der Waals surface area (Å²) < 4.78 is 1.45. The van der Waals surface area contributed by atoms with Gasteiger partial charge in [-0.1, -0.05) is 0 Å². The van der Waals surface area contributed by atoms with Crippen molar-refractivity contribution in [3.8, 4) is 5.82 Å². The summed E-state index contributed by atoms with van der Waals surface area (Å²) >= 11 is 0. The Balaban J connectivity index is 2.26. The van der Waals surface area contributed by atoms with Gasteiger partial charge in [0.05, 0.1) is 18.2 Å². The van der Waals surface area contributed by atoms with E-state index in [1.54, 1.807) is 6.92 Å². The molecule has 8 heteroatoms. The lowest BCUT2D eigenvalue weighted by Crippen LogP contribution is -2.05. The van der Waals surface area contributed by atoms with Gasteiger partial charge in [0.15, 0.2) is 11.5 Å². The third kappa shape index (κ3) is 1.35. The van der Waals surface area contributed by atoms with E-state index in [-0.39, 0.29) is 5.56 Å². The van der Waals surface area contributed by atoms with E-state index in [0.717, 1.165) is 0 Å². The van der Waals surface area contributed by atoms with Gasteiger partial charge in [0.1, 0.15) is 17.4 Å². The first-order chi connectivity index (χ1) is 8.68. The van der Waals surface area contributed by atoms with E-state index in [1.807, 2.05) is 0 Å². The van der Waals surface area contributed by atoms with E-state index < -0.39 is 5.97 Å². The molecule has 0 radical (unpaired) electrons. The Labute approximate surface area is 100 Å². The molecule has 0 aliphatic carbocycles. The van der Waals surface area contributed by atoms with Crippen molar-refractivity contribution in [1.29, 1.82) is 0 Å². The molecule has 0 atom stereocenters. The normalized spacial score (nSPS) is 10.9. The van der Waals surface area contributed by atoms with Crippen LogP contribution in [0.1, 0.15) is 16.1 Å². The molecule has 0 fully saturated rings. The maximum atomic E-state index is 11.0. The smallest absolute Gasteiger partial charge is 0.339 e. The molecule has 3 aromatic rings. The largest absolute Gasteiger partial charge is 0.478 e. The van der Waals surface area contributed by atoms with E-state index in [1.165, 1.54) is 23.5 Å². The van der Waals surface area contributed by atoms with E-state index in [9.17, 15) is 4.79 Å². The first-order valence-corrected chi connectivity index (χ1v) is 5.11. The number of carbonyl (C=O) groups is 1. The highest BCUT2D eigenvalue weighted by Crippen LogP contribution is 2.17. The quantitative estimate of drug-likeness (QED) is 0.681. The molecule has 0 spiro atoms. The molecule has 0 bridgehead atoms. The molecule has 0 saturated heterocycles. The number of imidazole rings is 1. The van der Waals surface area contributed by atoms with Crippen LogP contribution in [0.25, 0.3) is 17.0 Å². The monoisotopic (exact) mass is 244 g/mol. The Morgan fingerprint density at radius 1 is 1.39 bits per heavy atom. The zero-order valence-electron chi connectivity index (χ0n) is 9.32. The highest BCUT2D eigenvalue weighted by Gasteiger charge is 2.16. The van der Waals surface area contributed by atoms with Gasteiger partial charge >= 0.3 is 5.97 Å². The van der Waals surface area contributed by atoms with Crippen LogP contribution in [0.3, 0.4) is 0 Å². The lowest BCUT2D eigenvalue weighted by Gasteiger charge is -2.03. The number of hydrogen-bond acceptors (Lipinski definition) is 5. The molecule has 3 aromatic heterocycles. The van der Waals surface area contributed by atoms with Gasteiger partial charge in [0.25, 0.3) is 0 Å². The number of aromatic carboxylic acids is 1. The van der Waals surface area contributed by atoms with Crippen LogP contribution < -0.4 is 0 Å². The minimum atomic E-state index is -1.02. The molecule has 0 saturated carbocycles. The first kappa shape index (κ1) is 10.4. The summed E-state index contributed by atoms with van der Waals surface area (Å²) in [6.45, 7) is 1.67. The van der Waals surface area contributed by atoms with E-state index in [0.29, 0.717) is 22.7 Å². The van der Waals surface area contributed by atoms with E-state index >= 15 is 0 Å². The average Bonchev–Trinajstić information content (AvgIpc) is 2.94. The van der Waals surface area contributed by atoms with Crippen LogP contribution in [-0.4, -0.2) is 40.8 Å². The third-order valence-corrected chi connectivity index (χ3v) is 2.64. The Morgan fingerprint density at radius 2 is 2.22 bits per heavy atom. The summed E-state index contributed by atoms with van der Waals surface area (Å²) in [4.78, 5) is 26.0. The standard InChI is InChI=1S/C10H8N6O2/c1-5-6(10(17)18)2-15-16(5)9-7-8(12-3-11-7)13-4-14-9/h2-4H,1H3,(H,17,18)(H,11,12,13,14). The van der Waals surface area contributed by atoms with Gasteiger partial charge in [-0.25, -0.2) is 24.4 Å². The Hall–Kier alpha value is -2.77. The second-order valence-electron chi connectivity index (χ2n) is 3.66. The predicted octanol–water partition coefficient (Wildman–Crippen LogP) is 0.545. The van der Waals surface area contributed by atoms with Gasteiger partial charge in [-0.2, -0.15) is 5.10 Å². The van der Waals surface area contributed by atoms with E-state index in [2.05, 4.69) is 25.0 Å². The number of nitrogens with one attached hydrogen (secondary N) is 1. The van der Waals surface area contributed by atoms with Crippen molar-refractivity contribution in [3.05, 3.63) is 30.1 Å². The van der Waals surface area contributed by atoms with Crippen molar-refractivity contribution in [2.45, 2.75) is 6.92 Å². The maximum absolute atomic E-state index is 11.0. The fourth-order valence-corrected chi connectivity index (χ4v) is 1.75. The highest BCUT2D eigenvalue weighted by atomic mass is 16.4. The van der Waals surface area contributed by atoms with E-state index in [4.69, 9.17) is 5.11 Å². The van der Waals surface area contributed by atoms with Crippen LogP contribution in [-0.2, 0) is 0 Å². The Morgan fingerprint density at radius 3 is 2.94 bits per heavy atom.